The molecule has 0 fully saturated rings. The van der Waals surface area contributed by atoms with Crippen molar-refractivity contribution in [2.24, 2.45) is 0 Å². The highest BCUT2D eigenvalue weighted by atomic mass is 19.1. The molecule has 0 aliphatic rings. The molecule has 8 rings (SSSR count). The Hall–Kier alpha value is -6.96. The Morgan fingerprint density at radius 1 is 0.479 bits per heavy atom. The van der Waals surface area contributed by atoms with Gasteiger partial charge in [-0.05, 0) is 59.7 Å². The van der Waals surface area contributed by atoms with E-state index in [-0.39, 0.29) is 5.82 Å². The molecule has 0 aliphatic heterocycles. The lowest BCUT2D eigenvalue weighted by molar-refractivity contribution is 0.628. The normalized spacial score (nSPS) is 11.0. The van der Waals surface area contributed by atoms with Crippen LogP contribution in [0.15, 0.2) is 140 Å². The molecule has 6 nitrogen and oxygen atoms in total. The molecule has 0 saturated carbocycles. The van der Waals surface area contributed by atoms with Crippen molar-refractivity contribution in [3.63, 3.8) is 0 Å². The fraction of sp³-hybridized carbons (Fsp3) is 0. The predicted molar refractivity (Wildman–Crippen MR) is 185 cm³/mol. The molecule has 0 saturated heterocycles. The fourth-order valence-electron chi connectivity index (χ4n) is 6.10. The molecule has 224 valence electrons. The van der Waals surface area contributed by atoms with Crippen molar-refractivity contribution >= 4 is 21.8 Å². The quantitative estimate of drug-likeness (QED) is 0.192. The highest BCUT2D eigenvalue weighted by Crippen LogP contribution is 2.39. The van der Waals surface area contributed by atoms with E-state index in [2.05, 4.69) is 12.1 Å². The van der Waals surface area contributed by atoms with Gasteiger partial charge in [-0.15, -0.1) is 0 Å². The van der Waals surface area contributed by atoms with Crippen LogP contribution < -0.4 is 0 Å². The van der Waals surface area contributed by atoms with Crippen LogP contribution in [0.2, 0.25) is 0 Å². The van der Waals surface area contributed by atoms with Gasteiger partial charge in [0.1, 0.15) is 5.82 Å². The summed E-state index contributed by atoms with van der Waals surface area (Å²) >= 11 is 0. The van der Waals surface area contributed by atoms with Gasteiger partial charge in [0, 0.05) is 27.5 Å². The Bertz CT molecular complexity index is 2470. The second-order valence-corrected chi connectivity index (χ2v) is 11.3. The number of halogens is 1. The van der Waals surface area contributed by atoms with Crippen molar-refractivity contribution in [2.45, 2.75) is 0 Å². The number of hydrogen-bond acceptors (Lipinski definition) is 5. The summed E-state index contributed by atoms with van der Waals surface area (Å²) in [5.74, 6) is 1.12. The van der Waals surface area contributed by atoms with E-state index in [0.717, 1.165) is 38.5 Å². The van der Waals surface area contributed by atoms with E-state index in [9.17, 15) is 14.9 Å². The first-order valence-corrected chi connectivity index (χ1v) is 15.3. The minimum Gasteiger partial charge on any atom is -0.308 e. The van der Waals surface area contributed by atoms with E-state index in [0.29, 0.717) is 45.4 Å². The second-order valence-electron chi connectivity index (χ2n) is 11.3. The maximum Gasteiger partial charge on any atom is 0.166 e. The maximum atomic E-state index is 14.5. The van der Waals surface area contributed by atoms with E-state index in [4.69, 9.17) is 15.0 Å². The Morgan fingerprint density at radius 2 is 1.00 bits per heavy atom. The van der Waals surface area contributed by atoms with E-state index >= 15 is 0 Å². The molecule has 0 radical (unpaired) electrons. The molecular weight excluding hydrogens is 595 g/mol. The molecule has 2 aromatic heterocycles. The summed E-state index contributed by atoms with van der Waals surface area (Å²) < 4.78 is 16.5. The first-order valence-electron chi connectivity index (χ1n) is 15.3. The van der Waals surface area contributed by atoms with Crippen molar-refractivity contribution < 1.29 is 4.39 Å². The van der Waals surface area contributed by atoms with Gasteiger partial charge in [0.2, 0.25) is 0 Å². The van der Waals surface area contributed by atoms with Crippen LogP contribution in [-0.2, 0) is 0 Å². The van der Waals surface area contributed by atoms with Gasteiger partial charge in [0.15, 0.2) is 17.5 Å². The van der Waals surface area contributed by atoms with Crippen molar-refractivity contribution in [1.29, 1.82) is 10.5 Å². The molecule has 0 atom stereocenters. The zero-order valence-electron chi connectivity index (χ0n) is 25.3. The van der Waals surface area contributed by atoms with Crippen LogP contribution in [0.25, 0.3) is 72.8 Å². The average Bonchev–Trinajstić information content (AvgIpc) is 3.47. The third kappa shape index (κ3) is 5.02. The summed E-state index contributed by atoms with van der Waals surface area (Å²) in [6.45, 7) is 0. The van der Waals surface area contributed by atoms with Crippen LogP contribution in [0.5, 0.6) is 0 Å². The van der Waals surface area contributed by atoms with E-state index in [1.54, 1.807) is 18.2 Å². The Labute approximate surface area is 275 Å². The molecule has 2 heterocycles. The monoisotopic (exact) mass is 618 g/mol. The van der Waals surface area contributed by atoms with Crippen molar-refractivity contribution in [2.75, 3.05) is 0 Å². The Morgan fingerprint density at radius 3 is 1.54 bits per heavy atom. The molecule has 48 heavy (non-hydrogen) atoms. The minimum absolute atomic E-state index is 0.343. The standard InChI is InChI=1S/C41H23FN6/c42-32-13-7-12-30(22-32)31-16-19-35(41-46-39(28-8-3-1-4-9-28)45-40(47-41)29-10-5-2-6-11-29)38(23-31)48-36-20-26(24-43)14-17-33(36)34-18-15-27(25-44)21-37(34)48/h1-23H. The molecule has 0 aliphatic carbocycles. The third-order valence-corrected chi connectivity index (χ3v) is 8.36. The van der Waals surface area contributed by atoms with Gasteiger partial charge in [-0.1, -0.05) is 91.0 Å². The molecule has 0 N–H and O–H groups in total. The fourth-order valence-corrected chi connectivity index (χ4v) is 6.10. The number of aromatic nitrogens is 4. The van der Waals surface area contributed by atoms with Gasteiger partial charge in [0.05, 0.1) is 40.0 Å². The summed E-state index contributed by atoms with van der Waals surface area (Å²) in [4.78, 5) is 14.9. The SMILES string of the molecule is N#Cc1ccc2c3ccc(C#N)cc3n(-c3cc(-c4cccc(F)c4)ccc3-c3nc(-c4ccccc4)nc(-c4ccccc4)n3)c2c1. The van der Waals surface area contributed by atoms with Crippen LogP contribution in [0.3, 0.4) is 0 Å². The zero-order valence-corrected chi connectivity index (χ0v) is 25.3. The number of nitrogens with zero attached hydrogens (tertiary/aromatic N) is 6. The molecular formula is C41H23FN6. The first-order chi connectivity index (χ1) is 23.6. The molecule has 0 bridgehead atoms. The highest BCUT2D eigenvalue weighted by Gasteiger charge is 2.21. The van der Waals surface area contributed by atoms with E-state index in [1.807, 2.05) is 114 Å². The van der Waals surface area contributed by atoms with Gasteiger partial charge in [-0.3, -0.25) is 0 Å². The summed E-state index contributed by atoms with van der Waals surface area (Å²) in [5.41, 5.74) is 7.08. The van der Waals surface area contributed by atoms with E-state index in [1.165, 1.54) is 12.1 Å². The average molecular weight is 619 g/mol. The molecule has 6 aromatic carbocycles. The number of benzene rings is 6. The van der Waals surface area contributed by atoms with Crippen molar-refractivity contribution in [1.82, 2.24) is 19.5 Å². The first kappa shape index (κ1) is 28.5. The molecule has 0 amide bonds. The summed E-state index contributed by atoms with van der Waals surface area (Å²) in [7, 11) is 0. The zero-order chi connectivity index (χ0) is 32.6. The van der Waals surface area contributed by atoms with Crippen LogP contribution in [0.1, 0.15) is 11.1 Å². The summed E-state index contributed by atoms with van der Waals surface area (Å²) in [5, 5.41) is 21.6. The van der Waals surface area contributed by atoms with Crippen molar-refractivity contribution in [3.8, 4) is 63.1 Å². The van der Waals surface area contributed by atoms with Gasteiger partial charge < -0.3 is 4.57 Å². The topological polar surface area (TPSA) is 91.2 Å². The number of rotatable bonds is 5. The Kier molecular flexibility index (Phi) is 6.98. The third-order valence-electron chi connectivity index (χ3n) is 8.36. The van der Waals surface area contributed by atoms with Gasteiger partial charge in [-0.2, -0.15) is 10.5 Å². The molecule has 0 spiro atoms. The van der Waals surface area contributed by atoms with E-state index < -0.39 is 0 Å². The highest BCUT2D eigenvalue weighted by molar-refractivity contribution is 6.10. The second kappa shape index (κ2) is 11.8. The molecule has 0 unspecified atom stereocenters. The van der Waals surface area contributed by atoms with Crippen LogP contribution in [0, 0.1) is 28.5 Å². The van der Waals surface area contributed by atoms with Gasteiger partial charge in [0.25, 0.3) is 0 Å². The number of fused-ring (bicyclic) bond motifs is 3. The lowest BCUT2D eigenvalue weighted by Gasteiger charge is -2.16. The number of nitriles is 2. The lowest BCUT2D eigenvalue weighted by Crippen LogP contribution is -2.04. The van der Waals surface area contributed by atoms with Gasteiger partial charge in [-0.25, -0.2) is 19.3 Å². The summed E-state index contributed by atoms with van der Waals surface area (Å²) in [6, 6.07) is 47.5. The molecule has 8 aromatic rings. The maximum absolute atomic E-state index is 14.5. The Balaban J connectivity index is 1.49. The van der Waals surface area contributed by atoms with Crippen LogP contribution >= 0.6 is 0 Å². The lowest BCUT2D eigenvalue weighted by atomic mass is 10.0. The largest absolute Gasteiger partial charge is 0.308 e. The summed E-state index contributed by atoms with van der Waals surface area (Å²) in [6.07, 6.45) is 0. The number of hydrogen-bond donors (Lipinski definition) is 0. The van der Waals surface area contributed by atoms with Crippen LogP contribution in [0.4, 0.5) is 4.39 Å². The smallest absolute Gasteiger partial charge is 0.166 e. The van der Waals surface area contributed by atoms with Gasteiger partial charge >= 0.3 is 0 Å². The minimum atomic E-state index is -0.343. The predicted octanol–water partition coefficient (Wildman–Crippen LogP) is 9.52. The van der Waals surface area contributed by atoms with Crippen molar-refractivity contribution in [3.05, 3.63) is 156 Å². The van der Waals surface area contributed by atoms with Crippen LogP contribution in [-0.4, -0.2) is 19.5 Å². The molecule has 7 heteroatoms.